The summed E-state index contributed by atoms with van der Waals surface area (Å²) in [6.45, 7) is 6.50. The minimum atomic E-state index is 0. The van der Waals surface area contributed by atoms with E-state index in [0.29, 0.717) is 0 Å². The molecule has 0 spiro atoms. The van der Waals surface area contributed by atoms with Crippen LogP contribution in [0, 0.1) is 6.92 Å². The second-order valence-corrected chi connectivity index (χ2v) is 0.289. The molecule has 0 rings (SSSR count). The van der Waals surface area contributed by atoms with Gasteiger partial charge in [-0.1, -0.05) is 0 Å². The summed E-state index contributed by atoms with van der Waals surface area (Å²) in [7, 11) is 0. The van der Waals surface area contributed by atoms with Gasteiger partial charge in [-0.3, -0.25) is 0 Å². The maximum Gasteiger partial charge on any atom is 4.00 e. The minimum absolute atomic E-state index is 0. The summed E-state index contributed by atoms with van der Waals surface area (Å²) in [5, 5.41) is 0. The summed E-state index contributed by atoms with van der Waals surface area (Å²) < 4.78 is 0. The van der Waals surface area contributed by atoms with E-state index in [1.807, 2.05) is 0 Å². The zero-order valence-electron chi connectivity index (χ0n) is 3.63. The van der Waals surface area contributed by atoms with Gasteiger partial charge in [0.2, 0.25) is 0 Å². The Morgan fingerprint density at radius 1 is 1.14 bits per heavy atom. The molecule has 0 amide bonds. The average Bonchev–Trinajstić information content (AvgIpc) is 0.918. The molecule has 4 heteroatoms. The smallest absolute Gasteiger partial charge is 1.00 e. The van der Waals surface area contributed by atoms with Crippen molar-refractivity contribution in [2.24, 2.45) is 0 Å². The van der Waals surface area contributed by atoms with Crippen molar-refractivity contribution >= 4 is 0 Å². The largest absolute Gasteiger partial charge is 4.00 e. The topological polar surface area (TPSA) is 0 Å². The quantitative estimate of drug-likeness (QED) is 0.306. The molecule has 0 unspecified atom stereocenters. The molecule has 0 aliphatic rings. The Bertz CT molecular complexity index is 17.7. The van der Waals surface area contributed by atoms with Crippen molar-refractivity contribution in [2.45, 2.75) is 0 Å². The van der Waals surface area contributed by atoms with Crippen LogP contribution in [0.15, 0.2) is 12.7 Å². The summed E-state index contributed by atoms with van der Waals surface area (Å²) in [5.41, 5.74) is 0. The van der Waals surface area contributed by atoms with Gasteiger partial charge in [0, 0.05) is 0 Å². The molecule has 0 radical (unpaired) electrons. The number of rotatable bonds is 0. The van der Waals surface area contributed by atoms with Gasteiger partial charge >= 0.3 is 21.7 Å². The summed E-state index contributed by atoms with van der Waals surface area (Å²) in [6.07, 6.45) is 1.50. The summed E-state index contributed by atoms with van der Waals surface area (Å²) >= 11 is 0. The molecule has 0 aromatic carbocycles. The Labute approximate surface area is 91.3 Å². The molecule has 0 aliphatic carbocycles. The molecule has 0 heterocycles. The fourth-order valence-corrected chi connectivity index (χ4v) is 0. The van der Waals surface area contributed by atoms with Gasteiger partial charge < -0.3 is 50.9 Å². The van der Waals surface area contributed by atoms with E-state index in [9.17, 15) is 0 Å². The van der Waals surface area contributed by atoms with Crippen molar-refractivity contribution < 1.29 is 72.7 Å². The number of halogens is 3. The molecule has 0 nitrogen and oxygen atoms in total. The van der Waals surface area contributed by atoms with Gasteiger partial charge in [-0.25, -0.2) is 19.6 Å². The van der Waals surface area contributed by atoms with E-state index in [2.05, 4.69) is 13.5 Å². The molecule has 0 aliphatic heterocycles. The van der Waals surface area contributed by atoms with Crippen LogP contribution in [-0.4, -0.2) is 0 Å². The normalized spacial score (nSPS) is 1.71. The maximum absolute atomic E-state index is 3.25. The van der Waals surface area contributed by atoms with Crippen LogP contribution in [0.5, 0.6) is 0 Å². The van der Waals surface area contributed by atoms with E-state index in [1.165, 1.54) is 6.08 Å². The number of allylic oxidation sites excluding steroid dienone is 1. The van der Waals surface area contributed by atoms with Crippen LogP contribution >= 0.6 is 0 Å². The predicted octanol–water partition coefficient (Wildman–Crippen LogP) is -7.98. The third-order valence-corrected chi connectivity index (χ3v) is 0. The molecule has 0 aromatic rings. The Morgan fingerprint density at radius 3 is 1.14 bits per heavy atom. The predicted molar refractivity (Wildman–Crippen MR) is 15.6 cm³/mol. The fraction of sp³-hybridized carbons (Fsp3) is 0. The minimum Gasteiger partial charge on any atom is -1.00 e. The van der Waals surface area contributed by atoms with Crippen molar-refractivity contribution in [3.8, 4) is 0 Å². The average molecular weight is 329 g/mol. The summed E-state index contributed by atoms with van der Waals surface area (Å²) in [4.78, 5) is 0. The Balaban J connectivity index is -0.00000000333. The van der Waals surface area contributed by atoms with Gasteiger partial charge in [0.1, 0.15) is 0 Å². The van der Waals surface area contributed by atoms with Gasteiger partial charge in [0.15, 0.2) is 0 Å². The van der Waals surface area contributed by atoms with Crippen molar-refractivity contribution in [3.63, 3.8) is 0 Å². The molecule has 0 N–H and O–H groups in total. The van der Waals surface area contributed by atoms with Gasteiger partial charge in [-0.05, 0) is 0 Å². The van der Waals surface area contributed by atoms with Crippen LogP contribution in [0.4, 0.5) is 0 Å². The van der Waals surface area contributed by atoms with Crippen LogP contribution in [0.3, 0.4) is 0 Å². The summed E-state index contributed by atoms with van der Waals surface area (Å²) in [5.74, 6) is 0. The molecule has 7 heavy (non-hydrogen) atoms. The Hall–Kier alpha value is 1.76. The molecule has 0 bridgehead atoms. The van der Waals surface area contributed by atoms with Crippen LogP contribution in [0.2, 0.25) is 0 Å². The molecule has 0 saturated carbocycles. The van der Waals surface area contributed by atoms with Gasteiger partial charge in [-0.15, -0.1) is 0 Å². The first-order valence-electron chi connectivity index (χ1n) is 0.816. The number of hydrogen-bond acceptors (Lipinski definition) is 0. The monoisotopic (exact) mass is 326 g/mol. The SMILES string of the molecule is C=C[CH2-].[Br-].[Br-].[Br-].[Ti+4]. The Kier molecular flexibility index (Phi) is 248. The molecule has 0 atom stereocenters. The maximum atomic E-state index is 3.25. The zero-order chi connectivity index (χ0) is 2.71. The summed E-state index contributed by atoms with van der Waals surface area (Å²) in [6, 6.07) is 0. The first-order chi connectivity index (χ1) is 1.41. The number of hydrogen-bond donors (Lipinski definition) is 0. The third kappa shape index (κ3) is 82.9. The van der Waals surface area contributed by atoms with Gasteiger partial charge in [0.25, 0.3) is 0 Å². The van der Waals surface area contributed by atoms with Crippen LogP contribution in [0.25, 0.3) is 0 Å². The molecular formula is C3H5Br3Ti. The van der Waals surface area contributed by atoms with E-state index >= 15 is 0 Å². The first-order valence-corrected chi connectivity index (χ1v) is 0.816. The van der Waals surface area contributed by atoms with Crippen LogP contribution in [0.1, 0.15) is 0 Å². The van der Waals surface area contributed by atoms with Crippen molar-refractivity contribution in [1.82, 2.24) is 0 Å². The van der Waals surface area contributed by atoms with Crippen LogP contribution < -0.4 is 50.9 Å². The molecule has 0 saturated heterocycles. The fourth-order valence-electron chi connectivity index (χ4n) is 0. The van der Waals surface area contributed by atoms with Crippen molar-refractivity contribution in [2.75, 3.05) is 0 Å². The van der Waals surface area contributed by atoms with Gasteiger partial charge in [0.05, 0.1) is 0 Å². The van der Waals surface area contributed by atoms with Crippen molar-refractivity contribution in [1.29, 1.82) is 0 Å². The second-order valence-electron chi connectivity index (χ2n) is 0.289. The molecule has 0 aromatic heterocycles. The third-order valence-electron chi connectivity index (χ3n) is 0. The second kappa shape index (κ2) is 46.5. The standard InChI is InChI=1S/C3H5.3BrH.Ti/c1-3-2;;;;/h3H,1-2H2;3*1H;/q-1;;;;+4/p-3. The van der Waals surface area contributed by atoms with Crippen LogP contribution in [-0.2, 0) is 21.7 Å². The molecular weight excluding hydrogens is 324 g/mol. The van der Waals surface area contributed by atoms with E-state index in [-0.39, 0.29) is 72.7 Å². The molecule has 0 fully saturated rings. The van der Waals surface area contributed by atoms with Crippen molar-refractivity contribution in [3.05, 3.63) is 19.6 Å². The zero-order valence-corrected chi connectivity index (χ0v) is 9.94. The van der Waals surface area contributed by atoms with E-state index in [4.69, 9.17) is 0 Å². The van der Waals surface area contributed by atoms with Gasteiger partial charge in [-0.2, -0.15) is 0 Å². The van der Waals surface area contributed by atoms with E-state index in [0.717, 1.165) is 0 Å². The Morgan fingerprint density at radius 2 is 1.14 bits per heavy atom. The first kappa shape index (κ1) is 37.3. The van der Waals surface area contributed by atoms with E-state index in [1.54, 1.807) is 0 Å². The van der Waals surface area contributed by atoms with E-state index < -0.39 is 0 Å². The molecule has 42 valence electrons.